The van der Waals surface area contributed by atoms with Gasteiger partial charge in [-0.05, 0) is 31.4 Å². The highest BCUT2D eigenvalue weighted by Gasteiger charge is 2.35. The van der Waals surface area contributed by atoms with E-state index in [0.717, 1.165) is 27.8 Å². The quantitative estimate of drug-likeness (QED) is 0.648. The molecule has 4 rings (SSSR count). The number of carbonyl (C=O) groups excluding carboxylic acids is 3. The maximum atomic E-state index is 12.6. The maximum Gasteiger partial charge on any atom is 0.260 e. The first kappa shape index (κ1) is 19.6. The molecule has 1 fully saturated rings. The van der Waals surface area contributed by atoms with Gasteiger partial charge in [0.25, 0.3) is 5.91 Å². The van der Waals surface area contributed by atoms with Crippen molar-refractivity contribution < 1.29 is 14.4 Å². The van der Waals surface area contributed by atoms with Crippen LogP contribution in [0.2, 0.25) is 0 Å². The minimum absolute atomic E-state index is 0.00564. The summed E-state index contributed by atoms with van der Waals surface area (Å²) in [4.78, 5) is 38.9. The minimum Gasteiger partial charge on any atom is -0.311 e. The molecular weight excluding hydrogens is 382 g/mol. The highest BCUT2D eigenvalue weighted by atomic mass is 16.2. The Morgan fingerprint density at radius 1 is 1.10 bits per heavy atom. The molecule has 1 aliphatic heterocycles. The van der Waals surface area contributed by atoms with Gasteiger partial charge in [0.1, 0.15) is 6.54 Å². The van der Waals surface area contributed by atoms with Gasteiger partial charge in [0, 0.05) is 24.0 Å². The summed E-state index contributed by atoms with van der Waals surface area (Å²) in [6, 6.07) is 15.5. The van der Waals surface area contributed by atoms with Crippen molar-refractivity contribution in [2.45, 2.75) is 26.8 Å². The number of rotatable bonds is 4. The zero-order valence-corrected chi connectivity index (χ0v) is 16.9. The lowest BCUT2D eigenvalue weighted by molar-refractivity contribution is -0.131. The molecule has 2 heterocycles. The van der Waals surface area contributed by atoms with Gasteiger partial charge < -0.3 is 4.90 Å². The fraction of sp³-hybridized carbons (Fsp3) is 0.273. The second kappa shape index (κ2) is 7.98. The van der Waals surface area contributed by atoms with Crippen LogP contribution in [0.1, 0.15) is 17.8 Å². The molecule has 0 bridgehead atoms. The number of fused-ring (bicyclic) bond motifs is 1. The van der Waals surface area contributed by atoms with Gasteiger partial charge in [0.15, 0.2) is 0 Å². The van der Waals surface area contributed by atoms with Crippen LogP contribution in [0.15, 0.2) is 48.5 Å². The summed E-state index contributed by atoms with van der Waals surface area (Å²) in [5.41, 5.74) is 7.33. The van der Waals surface area contributed by atoms with Crippen LogP contribution in [-0.4, -0.2) is 34.0 Å². The van der Waals surface area contributed by atoms with Gasteiger partial charge >= 0.3 is 0 Å². The van der Waals surface area contributed by atoms with Crippen molar-refractivity contribution in [2.24, 2.45) is 5.92 Å². The van der Waals surface area contributed by atoms with Crippen molar-refractivity contribution in [3.05, 3.63) is 59.9 Å². The number of nitrogens with one attached hydrogen (secondary N) is 2. The number of benzene rings is 2. The van der Waals surface area contributed by atoms with Crippen LogP contribution in [0, 0.1) is 19.8 Å². The summed E-state index contributed by atoms with van der Waals surface area (Å²) < 4.78 is 1.57. The Balaban J connectivity index is 1.38. The summed E-state index contributed by atoms with van der Waals surface area (Å²) in [7, 11) is 0. The fourth-order valence-corrected chi connectivity index (χ4v) is 3.80. The SMILES string of the molecule is Cc1cc(C)n(CC(=O)NNC(=O)C2CC(=O)N(c3cccc4ccccc34)C2)n1. The zero-order valence-electron chi connectivity index (χ0n) is 16.9. The number of hydrogen-bond acceptors (Lipinski definition) is 4. The number of hydrazine groups is 1. The fourth-order valence-electron chi connectivity index (χ4n) is 3.80. The van der Waals surface area contributed by atoms with Gasteiger partial charge in [-0.3, -0.25) is 29.9 Å². The van der Waals surface area contributed by atoms with Crippen LogP contribution in [-0.2, 0) is 20.9 Å². The Hall–Kier alpha value is -3.68. The monoisotopic (exact) mass is 405 g/mol. The maximum absolute atomic E-state index is 12.6. The zero-order chi connectivity index (χ0) is 21.3. The first-order valence-electron chi connectivity index (χ1n) is 9.80. The number of anilines is 1. The van der Waals surface area contributed by atoms with Crippen LogP contribution in [0.25, 0.3) is 10.8 Å². The third kappa shape index (κ3) is 3.89. The number of aromatic nitrogens is 2. The summed E-state index contributed by atoms with van der Waals surface area (Å²) in [5, 5.41) is 6.22. The molecule has 3 amide bonds. The van der Waals surface area contributed by atoms with E-state index in [1.165, 1.54) is 0 Å². The molecule has 8 heteroatoms. The molecule has 8 nitrogen and oxygen atoms in total. The topological polar surface area (TPSA) is 96.3 Å². The number of carbonyl (C=O) groups is 3. The number of aryl methyl sites for hydroxylation is 2. The van der Waals surface area contributed by atoms with Crippen molar-refractivity contribution in [1.29, 1.82) is 0 Å². The lowest BCUT2D eigenvalue weighted by Crippen LogP contribution is -2.46. The van der Waals surface area contributed by atoms with Gasteiger partial charge in [-0.1, -0.05) is 36.4 Å². The summed E-state index contributed by atoms with van der Waals surface area (Å²) in [6.45, 7) is 3.98. The third-order valence-electron chi connectivity index (χ3n) is 5.28. The molecule has 1 saturated heterocycles. The van der Waals surface area contributed by atoms with Gasteiger partial charge in [-0.25, -0.2) is 0 Å². The first-order valence-corrected chi connectivity index (χ1v) is 9.80. The molecular formula is C22H23N5O3. The van der Waals surface area contributed by atoms with E-state index in [1.807, 2.05) is 62.4 Å². The molecule has 2 aromatic carbocycles. The van der Waals surface area contributed by atoms with Gasteiger partial charge in [-0.15, -0.1) is 0 Å². The average molecular weight is 405 g/mol. The molecule has 1 aromatic heterocycles. The standard InChI is InChI=1S/C22H23N5O3/c1-14-10-15(2)27(25-14)13-20(28)23-24-22(30)17-11-21(29)26(12-17)19-9-5-7-16-6-3-4-8-18(16)19/h3-10,17H,11-13H2,1-2H3,(H,23,28)(H,24,30). The van der Waals surface area contributed by atoms with Gasteiger partial charge in [-0.2, -0.15) is 5.10 Å². The molecule has 0 radical (unpaired) electrons. The van der Waals surface area contributed by atoms with E-state index in [9.17, 15) is 14.4 Å². The second-order valence-electron chi connectivity index (χ2n) is 7.53. The van der Waals surface area contributed by atoms with Crippen molar-refractivity contribution in [3.63, 3.8) is 0 Å². The van der Waals surface area contributed by atoms with Crippen LogP contribution in [0.5, 0.6) is 0 Å². The normalized spacial score (nSPS) is 16.1. The van der Waals surface area contributed by atoms with Crippen molar-refractivity contribution >= 4 is 34.2 Å². The third-order valence-corrected chi connectivity index (χ3v) is 5.28. The molecule has 1 unspecified atom stereocenters. The largest absolute Gasteiger partial charge is 0.311 e. The molecule has 0 aliphatic carbocycles. The Kier molecular flexibility index (Phi) is 5.22. The van der Waals surface area contributed by atoms with Crippen LogP contribution in [0.4, 0.5) is 5.69 Å². The number of amides is 3. The molecule has 1 aliphatic rings. The number of nitrogens with zero attached hydrogens (tertiary/aromatic N) is 3. The minimum atomic E-state index is -0.537. The van der Waals surface area contributed by atoms with E-state index in [4.69, 9.17) is 0 Å². The lowest BCUT2D eigenvalue weighted by Gasteiger charge is -2.19. The predicted molar refractivity (Wildman–Crippen MR) is 112 cm³/mol. The van der Waals surface area contributed by atoms with Gasteiger partial charge in [0.05, 0.1) is 17.3 Å². The van der Waals surface area contributed by atoms with Crippen molar-refractivity contribution in [1.82, 2.24) is 20.6 Å². The summed E-state index contributed by atoms with van der Waals surface area (Å²) in [5.74, 6) is -1.41. The van der Waals surface area contributed by atoms with Gasteiger partial charge in [0.2, 0.25) is 11.8 Å². The lowest BCUT2D eigenvalue weighted by atomic mass is 10.1. The smallest absolute Gasteiger partial charge is 0.260 e. The Morgan fingerprint density at radius 3 is 2.63 bits per heavy atom. The molecule has 30 heavy (non-hydrogen) atoms. The Bertz CT molecular complexity index is 1130. The second-order valence-corrected chi connectivity index (χ2v) is 7.53. The molecule has 3 aromatic rings. The van der Waals surface area contributed by atoms with Crippen LogP contribution >= 0.6 is 0 Å². The molecule has 2 N–H and O–H groups in total. The van der Waals surface area contributed by atoms with E-state index in [2.05, 4.69) is 16.0 Å². The molecule has 154 valence electrons. The summed E-state index contributed by atoms with van der Waals surface area (Å²) in [6.07, 6.45) is 0.0996. The summed E-state index contributed by atoms with van der Waals surface area (Å²) >= 11 is 0. The van der Waals surface area contributed by atoms with E-state index in [1.54, 1.807) is 9.58 Å². The van der Waals surface area contributed by atoms with Crippen LogP contribution < -0.4 is 15.8 Å². The van der Waals surface area contributed by atoms with E-state index in [-0.39, 0.29) is 37.2 Å². The predicted octanol–water partition coefficient (Wildman–Crippen LogP) is 1.85. The van der Waals surface area contributed by atoms with E-state index >= 15 is 0 Å². The first-order chi connectivity index (χ1) is 14.4. The van der Waals surface area contributed by atoms with E-state index in [0.29, 0.717) is 0 Å². The number of hydrogen-bond donors (Lipinski definition) is 2. The molecule has 0 saturated carbocycles. The average Bonchev–Trinajstić information content (AvgIpc) is 3.27. The molecule has 1 atom stereocenters. The van der Waals surface area contributed by atoms with Crippen molar-refractivity contribution in [2.75, 3.05) is 11.4 Å². The highest BCUT2D eigenvalue weighted by Crippen LogP contribution is 2.31. The molecule has 0 spiro atoms. The van der Waals surface area contributed by atoms with E-state index < -0.39 is 5.92 Å². The highest BCUT2D eigenvalue weighted by molar-refractivity contribution is 6.07. The van der Waals surface area contributed by atoms with Crippen LogP contribution in [0.3, 0.4) is 0 Å². The Labute approximate surface area is 173 Å². The van der Waals surface area contributed by atoms with Crippen molar-refractivity contribution in [3.8, 4) is 0 Å². The Morgan fingerprint density at radius 2 is 1.87 bits per heavy atom.